The predicted molar refractivity (Wildman–Crippen MR) is 59.1 cm³/mol. The first kappa shape index (κ1) is 12.6. The summed E-state index contributed by atoms with van der Waals surface area (Å²) in [7, 11) is 0. The van der Waals surface area contributed by atoms with Gasteiger partial charge in [-0.15, -0.1) is 11.3 Å². The van der Waals surface area contributed by atoms with E-state index in [-0.39, 0.29) is 11.3 Å². The number of hydrogen-bond donors (Lipinski definition) is 2. The number of carboxylic acid groups (broad SMARTS) is 2. The van der Waals surface area contributed by atoms with Crippen molar-refractivity contribution in [2.45, 2.75) is 32.6 Å². The summed E-state index contributed by atoms with van der Waals surface area (Å²) >= 11 is 1.04. The van der Waals surface area contributed by atoms with Crippen LogP contribution >= 0.6 is 11.3 Å². The summed E-state index contributed by atoms with van der Waals surface area (Å²) in [5.74, 6) is -1.94. The summed E-state index contributed by atoms with van der Waals surface area (Å²) in [6.07, 6.45) is -0.0704. The van der Waals surface area contributed by atoms with Crippen LogP contribution in [0.2, 0.25) is 0 Å². The fraction of sp³-hybridized carbons (Fsp3) is 0.500. The molecule has 1 aromatic heterocycles. The van der Waals surface area contributed by atoms with E-state index < -0.39 is 17.4 Å². The molecule has 0 saturated carbocycles. The molecular weight excluding hydrogens is 230 g/mol. The van der Waals surface area contributed by atoms with Gasteiger partial charge in [-0.2, -0.15) is 0 Å². The summed E-state index contributed by atoms with van der Waals surface area (Å²) in [5, 5.41) is 18.2. The van der Waals surface area contributed by atoms with Gasteiger partial charge in [0, 0.05) is 5.41 Å². The van der Waals surface area contributed by atoms with Gasteiger partial charge >= 0.3 is 11.9 Å². The molecule has 0 aliphatic carbocycles. The molecule has 0 aliphatic rings. The van der Waals surface area contributed by atoms with Crippen LogP contribution < -0.4 is 0 Å². The second-order valence-electron chi connectivity index (χ2n) is 4.19. The van der Waals surface area contributed by atoms with Gasteiger partial charge in [0.2, 0.25) is 0 Å². The Morgan fingerprint density at radius 2 is 1.94 bits per heavy atom. The fourth-order valence-electron chi connectivity index (χ4n) is 1.34. The number of aryl methyl sites for hydroxylation is 1. The molecule has 0 fully saturated rings. The second kappa shape index (κ2) is 4.21. The number of thiazole rings is 1. The van der Waals surface area contributed by atoms with Crippen LogP contribution in [0.5, 0.6) is 0 Å². The van der Waals surface area contributed by atoms with E-state index in [1.54, 1.807) is 20.8 Å². The summed E-state index contributed by atoms with van der Waals surface area (Å²) in [6, 6.07) is 0. The van der Waals surface area contributed by atoms with E-state index >= 15 is 0 Å². The molecule has 5 nitrogen and oxygen atoms in total. The van der Waals surface area contributed by atoms with Crippen LogP contribution in [0.4, 0.5) is 0 Å². The van der Waals surface area contributed by atoms with E-state index in [2.05, 4.69) is 4.98 Å². The largest absolute Gasteiger partial charge is 0.481 e. The number of carbonyl (C=O) groups is 2. The zero-order valence-electron chi connectivity index (χ0n) is 9.27. The number of rotatable bonds is 4. The Balaban J connectivity index is 3.09. The van der Waals surface area contributed by atoms with E-state index in [0.29, 0.717) is 10.7 Å². The molecule has 88 valence electrons. The lowest BCUT2D eigenvalue weighted by Crippen LogP contribution is -2.21. The molecule has 0 amide bonds. The first-order valence-electron chi connectivity index (χ1n) is 4.67. The van der Waals surface area contributed by atoms with Gasteiger partial charge < -0.3 is 10.2 Å². The van der Waals surface area contributed by atoms with Gasteiger partial charge in [-0.05, 0) is 6.92 Å². The third-order valence-corrected chi connectivity index (χ3v) is 3.67. The minimum Gasteiger partial charge on any atom is -0.481 e. The maximum atomic E-state index is 10.8. The first-order chi connectivity index (χ1) is 7.24. The SMILES string of the molecule is Cc1nc(C(C)(C)CC(=O)O)sc1C(=O)O. The molecule has 0 radical (unpaired) electrons. The molecule has 0 spiro atoms. The van der Waals surface area contributed by atoms with Crippen molar-refractivity contribution in [3.8, 4) is 0 Å². The molecule has 0 aromatic carbocycles. The standard InChI is InChI=1S/C10H13NO4S/c1-5-7(8(14)15)16-9(11-5)10(2,3)4-6(12)13/h4H2,1-3H3,(H,12,13)(H,14,15). The summed E-state index contributed by atoms with van der Waals surface area (Å²) in [6.45, 7) is 5.09. The Bertz CT molecular complexity index is 436. The normalized spacial score (nSPS) is 11.4. The van der Waals surface area contributed by atoms with Crippen molar-refractivity contribution in [2.24, 2.45) is 0 Å². The molecule has 6 heteroatoms. The van der Waals surface area contributed by atoms with Crippen molar-refractivity contribution in [1.82, 2.24) is 4.98 Å². The Morgan fingerprint density at radius 3 is 2.31 bits per heavy atom. The molecule has 0 saturated heterocycles. The van der Waals surface area contributed by atoms with Crippen LogP contribution in [0.3, 0.4) is 0 Å². The summed E-state index contributed by atoms with van der Waals surface area (Å²) in [4.78, 5) is 25.8. The molecule has 0 unspecified atom stereocenters. The minimum atomic E-state index is -1.02. The Hall–Kier alpha value is -1.43. The van der Waals surface area contributed by atoms with Crippen molar-refractivity contribution < 1.29 is 19.8 Å². The monoisotopic (exact) mass is 243 g/mol. The average Bonchev–Trinajstić information content (AvgIpc) is 2.45. The average molecular weight is 243 g/mol. The van der Waals surface area contributed by atoms with Crippen molar-refractivity contribution in [2.75, 3.05) is 0 Å². The lowest BCUT2D eigenvalue weighted by atomic mass is 9.90. The molecular formula is C10H13NO4S. The lowest BCUT2D eigenvalue weighted by molar-refractivity contribution is -0.138. The van der Waals surface area contributed by atoms with Crippen molar-refractivity contribution in [3.63, 3.8) is 0 Å². The fourth-order valence-corrected chi connectivity index (χ4v) is 2.34. The number of aliphatic carboxylic acids is 1. The van der Waals surface area contributed by atoms with Crippen molar-refractivity contribution in [1.29, 1.82) is 0 Å². The Morgan fingerprint density at radius 1 is 1.38 bits per heavy atom. The van der Waals surface area contributed by atoms with E-state index in [9.17, 15) is 9.59 Å². The molecule has 1 heterocycles. The van der Waals surface area contributed by atoms with Gasteiger partial charge in [-0.3, -0.25) is 4.79 Å². The minimum absolute atomic E-state index is 0.0704. The van der Waals surface area contributed by atoms with E-state index in [0.717, 1.165) is 11.3 Å². The van der Waals surface area contributed by atoms with E-state index in [1.165, 1.54) is 0 Å². The number of nitrogens with zero attached hydrogens (tertiary/aromatic N) is 1. The zero-order chi connectivity index (χ0) is 12.5. The number of aromatic carboxylic acids is 1. The maximum Gasteiger partial charge on any atom is 0.347 e. The van der Waals surface area contributed by atoms with Crippen molar-refractivity contribution in [3.05, 3.63) is 15.6 Å². The second-order valence-corrected chi connectivity index (χ2v) is 5.19. The topological polar surface area (TPSA) is 87.5 Å². The van der Waals surface area contributed by atoms with Crippen LogP contribution in [0, 0.1) is 6.92 Å². The highest BCUT2D eigenvalue weighted by Crippen LogP contribution is 2.32. The number of aromatic nitrogens is 1. The lowest BCUT2D eigenvalue weighted by Gasteiger charge is -2.18. The van der Waals surface area contributed by atoms with Gasteiger partial charge in [0.1, 0.15) is 4.88 Å². The molecule has 0 bridgehead atoms. The van der Waals surface area contributed by atoms with Gasteiger partial charge in [0.15, 0.2) is 0 Å². The van der Waals surface area contributed by atoms with E-state index in [1.807, 2.05) is 0 Å². The maximum absolute atomic E-state index is 10.8. The highest BCUT2D eigenvalue weighted by atomic mass is 32.1. The van der Waals surface area contributed by atoms with Crippen LogP contribution in [0.15, 0.2) is 0 Å². The van der Waals surface area contributed by atoms with Gasteiger partial charge in [0.05, 0.1) is 17.1 Å². The molecule has 1 rings (SSSR count). The number of carboxylic acids is 2. The predicted octanol–water partition coefficient (Wildman–Crippen LogP) is 1.90. The van der Waals surface area contributed by atoms with Crippen LogP contribution in [-0.2, 0) is 10.2 Å². The summed E-state index contributed by atoms with van der Waals surface area (Å²) < 4.78 is 0. The van der Waals surface area contributed by atoms with Gasteiger partial charge in [-0.25, -0.2) is 9.78 Å². The smallest absolute Gasteiger partial charge is 0.347 e. The molecule has 1 aromatic rings. The van der Waals surface area contributed by atoms with Gasteiger partial charge in [0.25, 0.3) is 0 Å². The first-order valence-corrected chi connectivity index (χ1v) is 5.48. The van der Waals surface area contributed by atoms with Gasteiger partial charge in [-0.1, -0.05) is 13.8 Å². The Labute approximate surface area is 96.8 Å². The molecule has 2 N–H and O–H groups in total. The van der Waals surface area contributed by atoms with E-state index in [4.69, 9.17) is 10.2 Å². The highest BCUT2D eigenvalue weighted by molar-refractivity contribution is 7.13. The van der Waals surface area contributed by atoms with Crippen LogP contribution in [-0.4, -0.2) is 27.1 Å². The van der Waals surface area contributed by atoms with Crippen LogP contribution in [0.1, 0.15) is 40.6 Å². The summed E-state index contributed by atoms with van der Waals surface area (Å²) in [5.41, 5.74) is -0.208. The molecule has 16 heavy (non-hydrogen) atoms. The third-order valence-electron chi connectivity index (χ3n) is 2.16. The van der Waals surface area contributed by atoms with Crippen molar-refractivity contribution >= 4 is 23.3 Å². The number of hydrogen-bond acceptors (Lipinski definition) is 4. The Kier molecular flexibility index (Phi) is 3.32. The third kappa shape index (κ3) is 2.57. The van der Waals surface area contributed by atoms with Crippen LogP contribution in [0.25, 0.3) is 0 Å². The molecule has 0 atom stereocenters. The molecule has 0 aliphatic heterocycles. The zero-order valence-corrected chi connectivity index (χ0v) is 10.1. The highest BCUT2D eigenvalue weighted by Gasteiger charge is 2.29. The quantitative estimate of drug-likeness (QED) is 0.843.